The molecule has 0 aliphatic rings. The minimum absolute atomic E-state index is 0.0571. The average Bonchev–Trinajstić information content (AvgIpc) is 2.69. The number of Topliss-reactive ketones (excluding diaryl/α,β-unsaturated/α-hetero) is 1. The van der Waals surface area contributed by atoms with E-state index in [0.29, 0.717) is 5.57 Å². The largest absolute Gasteiger partial charge is 0.288 e. The highest BCUT2D eigenvalue weighted by Gasteiger charge is 2.07. The number of terminal acetylenes is 1. The van der Waals surface area contributed by atoms with Crippen molar-refractivity contribution in [3.05, 3.63) is 46.2 Å². The maximum absolute atomic E-state index is 11.7. The van der Waals surface area contributed by atoms with Gasteiger partial charge >= 0.3 is 0 Å². The molecule has 0 atom stereocenters. The molecular weight excluding hydrogens is 192 g/mol. The Balaban J connectivity index is 2.77. The summed E-state index contributed by atoms with van der Waals surface area (Å²) in [6.07, 6.45) is 10.0. The van der Waals surface area contributed by atoms with Crippen molar-refractivity contribution >= 4 is 17.1 Å². The maximum Gasteiger partial charge on any atom is 0.198 e. The normalized spacial score (nSPS) is 11.6. The zero-order valence-electron chi connectivity index (χ0n) is 7.86. The molecule has 1 nitrogen and oxygen atoms in total. The lowest BCUT2D eigenvalue weighted by atomic mass is 10.1. The lowest BCUT2D eigenvalue weighted by Crippen LogP contribution is -1.96. The molecule has 0 aliphatic carbocycles. The molecule has 0 spiro atoms. The van der Waals surface area contributed by atoms with Crippen molar-refractivity contribution in [1.29, 1.82) is 0 Å². The van der Waals surface area contributed by atoms with Gasteiger partial charge < -0.3 is 0 Å². The Morgan fingerprint density at radius 3 is 3.00 bits per heavy atom. The summed E-state index contributed by atoms with van der Waals surface area (Å²) < 4.78 is 0. The van der Waals surface area contributed by atoms with Crippen LogP contribution in [-0.2, 0) is 0 Å². The summed E-state index contributed by atoms with van der Waals surface area (Å²) in [6.45, 7) is 1.78. The van der Waals surface area contributed by atoms with E-state index in [2.05, 4.69) is 5.92 Å². The van der Waals surface area contributed by atoms with Gasteiger partial charge in [-0.2, -0.15) is 0 Å². The highest BCUT2D eigenvalue weighted by Crippen LogP contribution is 2.13. The zero-order valence-corrected chi connectivity index (χ0v) is 8.67. The first-order chi connectivity index (χ1) is 6.75. The van der Waals surface area contributed by atoms with Gasteiger partial charge in [-0.1, -0.05) is 24.1 Å². The fraction of sp³-hybridized carbons (Fsp3) is 0.0833. The van der Waals surface area contributed by atoms with E-state index in [1.165, 1.54) is 11.3 Å². The van der Waals surface area contributed by atoms with Crippen molar-refractivity contribution in [1.82, 2.24) is 0 Å². The van der Waals surface area contributed by atoms with Crippen LogP contribution >= 0.6 is 11.3 Å². The Kier molecular flexibility index (Phi) is 3.90. The van der Waals surface area contributed by atoms with Gasteiger partial charge in [0.1, 0.15) is 0 Å². The van der Waals surface area contributed by atoms with Crippen LogP contribution in [0.5, 0.6) is 0 Å². The van der Waals surface area contributed by atoms with Crippen LogP contribution in [-0.4, -0.2) is 5.78 Å². The summed E-state index contributed by atoms with van der Waals surface area (Å²) in [4.78, 5) is 12.4. The van der Waals surface area contributed by atoms with Gasteiger partial charge in [0.25, 0.3) is 0 Å². The van der Waals surface area contributed by atoms with E-state index in [1.807, 2.05) is 17.5 Å². The van der Waals surface area contributed by atoms with Gasteiger partial charge in [0.2, 0.25) is 0 Å². The molecule has 1 aromatic rings. The van der Waals surface area contributed by atoms with E-state index in [-0.39, 0.29) is 5.78 Å². The molecule has 2 heteroatoms. The van der Waals surface area contributed by atoms with E-state index >= 15 is 0 Å². The summed E-state index contributed by atoms with van der Waals surface area (Å²) in [5, 5.41) is 1.89. The topological polar surface area (TPSA) is 17.1 Å². The van der Waals surface area contributed by atoms with Crippen molar-refractivity contribution in [3.63, 3.8) is 0 Å². The molecule has 1 aromatic heterocycles. The van der Waals surface area contributed by atoms with Crippen molar-refractivity contribution in [2.45, 2.75) is 6.92 Å². The minimum Gasteiger partial charge on any atom is -0.288 e. The summed E-state index contributed by atoms with van der Waals surface area (Å²) in [6, 6.07) is 3.68. The summed E-state index contributed by atoms with van der Waals surface area (Å²) >= 11 is 1.44. The Hall–Kier alpha value is -1.59. The second-order valence-corrected chi connectivity index (χ2v) is 3.63. The number of carbonyl (C=O) groups excluding carboxylic acids is 1. The molecule has 0 saturated carbocycles. The van der Waals surface area contributed by atoms with Gasteiger partial charge in [-0.3, -0.25) is 4.79 Å². The van der Waals surface area contributed by atoms with Crippen LogP contribution in [0.4, 0.5) is 0 Å². The molecule has 0 N–H and O–H groups in total. The van der Waals surface area contributed by atoms with Crippen molar-refractivity contribution in [2.75, 3.05) is 0 Å². The van der Waals surface area contributed by atoms with Gasteiger partial charge in [0.05, 0.1) is 4.88 Å². The second kappa shape index (κ2) is 5.21. The Labute approximate surface area is 87.8 Å². The monoisotopic (exact) mass is 202 g/mol. The molecule has 14 heavy (non-hydrogen) atoms. The number of hydrogen-bond donors (Lipinski definition) is 0. The highest BCUT2D eigenvalue weighted by atomic mass is 32.1. The third-order valence-corrected chi connectivity index (χ3v) is 2.51. The SMILES string of the molecule is C#C/C=C\C=C(/C)C(=O)c1cccs1. The first-order valence-corrected chi connectivity index (χ1v) is 5.01. The molecule has 0 radical (unpaired) electrons. The first kappa shape index (κ1) is 10.5. The minimum atomic E-state index is 0.0571. The van der Waals surface area contributed by atoms with Crippen LogP contribution in [0.1, 0.15) is 16.6 Å². The molecule has 0 bridgehead atoms. The third kappa shape index (κ3) is 2.72. The molecule has 70 valence electrons. The van der Waals surface area contributed by atoms with E-state index in [4.69, 9.17) is 6.42 Å². The summed E-state index contributed by atoms with van der Waals surface area (Å²) in [5.74, 6) is 2.42. The van der Waals surface area contributed by atoms with Crippen molar-refractivity contribution < 1.29 is 4.79 Å². The number of ketones is 1. The molecule has 0 unspecified atom stereocenters. The predicted molar refractivity (Wildman–Crippen MR) is 60.4 cm³/mol. The van der Waals surface area contributed by atoms with Crippen LogP contribution in [0.3, 0.4) is 0 Å². The van der Waals surface area contributed by atoms with Gasteiger partial charge in [-0.15, -0.1) is 17.8 Å². The van der Waals surface area contributed by atoms with Crippen molar-refractivity contribution in [3.8, 4) is 12.3 Å². The zero-order chi connectivity index (χ0) is 10.4. The van der Waals surface area contributed by atoms with Crippen LogP contribution in [0, 0.1) is 12.3 Å². The molecule has 1 heterocycles. The summed E-state index contributed by atoms with van der Waals surface area (Å²) in [7, 11) is 0. The molecular formula is C12H10OS. The third-order valence-electron chi connectivity index (χ3n) is 1.64. The lowest BCUT2D eigenvalue weighted by Gasteiger charge is -1.94. The van der Waals surface area contributed by atoms with E-state index in [0.717, 1.165) is 4.88 Å². The average molecular weight is 202 g/mol. The van der Waals surface area contributed by atoms with Gasteiger partial charge in [-0.05, 0) is 30.0 Å². The van der Waals surface area contributed by atoms with Crippen LogP contribution in [0.15, 0.2) is 41.3 Å². The van der Waals surface area contributed by atoms with Crippen molar-refractivity contribution in [2.24, 2.45) is 0 Å². The quantitative estimate of drug-likeness (QED) is 0.318. The smallest absolute Gasteiger partial charge is 0.198 e. The molecule has 0 fully saturated rings. The number of carbonyl (C=O) groups is 1. The second-order valence-electron chi connectivity index (χ2n) is 2.68. The van der Waals surface area contributed by atoms with Gasteiger partial charge in [0.15, 0.2) is 5.78 Å². The number of allylic oxidation sites excluding steroid dienone is 4. The Bertz CT molecular complexity index is 402. The van der Waals surface area contributed by atoms with Gasteiger partial charge in [0, 0.05) is 0 Å². The van der Waals surface area contributed by atoms with E-state index in [1.54, 1.807) is 25.2 Å². The lowest BCUT2D eigenvalue weighted by molar-refractivity contribution is 0.103. The Morgan fingerprint density at radius 1 is 1.64 bits per heavy atom. The molecule has 0 aromatic carbocycles. The standard InChI is InChI=1S/C12H10OS/c1-3-4-5-7-10(2)12(13)11-8-6-9-14-11/h1,4-9H,2H3/b5-4-,10-7+. The summed E-state index contributed by atoms with van der Waals surface area (Å²) in [5.41, 5.74) is 0.693. The maximum atomic E-state index is 11.7. The Morgan fingerprint density at radius 2 is 2.43 bits per heavy atom. The van der Waals surface area contributed by atoms with E-state index in [9.17, 15) is 4.79 Å². The number of rotatable bonds is 3. The fourth-order valence-corrected chi connectivity index (χ4v) is 1.65. The first-order valence-electron chi connectivity index (χ1n) is 4.13. The molecule has 0 aliphatic heterocycles. The van der Waals surface area contributed by atoms with Crippen LogP contribution in [0.25, 0.3) is 0 Å². The van der Waals surface area contributed by atoms with Gasteiger partial charge in [-0.25, -0.2) is 0 Å². The number of thiophene rings is 1. The van der Waals surface area contributed by atoms with Crippen LogP contribution < -0.4 is 0 Å². The van der Waals surface area contributed by atoms with E-state index < -0.39 is 0 Å². The molecule has 0 saturated heterocycles. The van der Waals surface area contributed by atoms with Crippen LogP contribution in [0.2, 0.25) is 0 Å². The molecule has 0 amide bonds. The fourth-order valence-electron chi connectivity index (χ4n) is 0.926. The predicted octanol–water partition coefficient (Wildman–Crippen LogP) is 3.07. The highest BCUT2D eigenvalue weighted by molar-refractivity contribution is 7.12. The number of hydrogen-bond acceptors (Lipinski definition) is 2. The molecule has 1 rings (SSSR count).